The molecule has 180 valence electrons. The van der Waals surface area contributed by atoms with Gasteiger partial charge < -0.3 is 19.9 Å². The lowest BCUT2D eigenvalue weighted by atomic mass is 10.0. The summed E-state index contributed by atoms with van der Waals surface area (Å²) >= 11 is 3.70. The summed E-state index contributed by atoms with van der Waals surface area (Å²) in [5.74, 6) is -1.87. The maximum Gasteiger partial charge on any atom is 0.305 e. The Morgan fingerprint density at radius 1 is 1.00 bits per heavy atom. The van der Waals surface area contributed by atoms with Gasteiger partial charge in [-0.1, -0.05) is 26.0 Å². The number of aliphatic carboxylic acids is 1. The third-order valence-electron chi connectivity index (χ3n) is 5.36. The van der Waals surface area contributed by atoms with Crippen LogP contribution in [-0.4, -0.2) is 38.1 Å². The van der Waals surface area contributed by atoms with Gasteiger partial charge in [0.25, 0.3) is 0 Å². The number of benzene rings is 2. The Hall–Kier alpha value is -2.81. The minimum Gasteiger partial charge on any atom is -0.481 e. The first-order valence-corrected chi connectivity index (χ1v) is 11.6. The molecule has 0 fully saturated rings. The summed E-state index contributed by atoms with van der Waals surface area (Å²) in [6.45, 7) is 4.00. The van der Waals surface area contributed by atoms with Crippen LogP contribution in [0.15, 0.2) is 59.1 Å². The van der Waals surface area contributed by atoms with E-state index >= 15 is 0 Å². The number of carboxylic acid groups (broad SMARTS) is 1. The van der Waals surface area contributed by atoms with Gasteiger partial charge in [0.1, 0.15) is 11.6 Å². The highest BCUT2D eigenvalue weighted by Crippen LogP contribution is 2.45. The second kappa shape index (κ2) is 11.1. The Kier molecular flexibility index (Phi) is 8.41. The van der Waals surface area contributed by atoms with Crippen molar-refractivity contribution in [3.63, 3.8) is 0 Å². The first-order chi connectivity index (χ1) is 16.1. The molecular formula is C26H26BrF2NO4. The summed E-state index contributed by atoms with van der Waals surface area (Å²) in [5.41, 5.74) is 3.81. The monoisotopic (exact) mass is 533 g/mol. The average molecular weight is 534 g/mol. The number of hydrogen-bond acceptors (Lipinski definition) is 3. The lowest BCUT2D eigenvalue weighted by molar-refractivity contribution is -0.139. The van der Waals surface area contributed by atoms with Crippen LogP contribution in [0.2, 0.25) is 0 Å². The predicted molar refractivity (Wildman–Crippen MR) is 131 cm³/mol. The van der Waals surface area contributed by atoms with E-state index in [1.165, 1.54) is 30.3 Å². The number of aliphatic hydroxyl groups excluding tert-OH is 2. The first-order valence-electron chi connectivity index (χ1n) is 10.8. The Morgan fingerprint density at radius 3 is 2.03 bits per heavy atom. The van der Waals surface area contributed by atoms with E-state index in [9.17, 15) is 23.8 Å². The van der Waals surface area contributed by atoms with Crippen molar-refractivity contribution >= 4 is 28.1 Å². The van der Waals surface area contributed by atoms with E-state index in [0.717, 1.165) is 21.3 Å². The fourth-order valence-electron chi connectivity index (χ4n) is 3.86. The molecule has 0 unspecified atom stereocenters. The van der Waals surface area contributed by atoms with E-state index in [1.807, 2.05) is 18.4 Å². The van der Waals surface area contributed by atoms with Gasteiger partial charge in [-0.05, 0) is 75.4 Å². The number of carbonyl (C=O) groups is 1. The molecule has 5 nitrogen and oxygen atoms in total. The predicted octanol–water partition coefficient (Wildman–Crippen LogP) is 6.04. The SMILES string of the molecule is CC(C)c1c(Br)c(-c2ccc(F)cc2)c(-c2ccc(F)cc2)n1/C=C/[C@@H](O)C[C@@H](O)CC(=O)O. The van der Waals surface area contributed by atoms with Crippen LogP contribution in [0, 0.1) is 11.6 Å². The number of rotatable bonds is 9. The lowest BCUT2D eigenvalue weighted by Gasteiger charge is -2.15. The molecule has 0 saturated carbocycles. The van der Waals surface area contributed by atoms with Crippen LogP contribution in [0.4, 0.5) is 8.78 Å². The highest BCUT2D eigenvalue weighted by atomic mass is 79.9. The van der Waals surface area contributed by atoms with Gasteiger partial charge in [-0.15, -0.1) is 0 Å². The van der Waals surface area contributed by atoms with Crippen molar-refractivity contribution in [2.45, 2.75) is 44.8 Å². The summed E-state index contributed by atoms with van der Waals surface area (Å²) in [7, 11) is 0. The zero-order valence-electron chi connectivity index (χ0n) is 18.8. The molecule has 8 heteroatoms. The third-order valence-corrected chi connectivity index (χ3v) is 6.16. The molecule has 0 aliphatic rings. The highest BCUT2D eigenvalue weighted by molar-refractivity contribution is 9.10. The van der Waals surface area contributed by atoms with Crippen molar-refractivity contribution in [1.82, 2.24) is 4.57 Å². The first kappa shape index (κ1) is 25.8. The molecule has 0 spiro atoms. The highest BCUT2D eigenvalue weighted by Gasteiger charge is 2.25. The Bertz CT molecular complexity index is 1170. The fraction of sp³-hybridized carbons (Fsp3) is 0.269. The Balaban J connectivity index is 2.17. The molecule has 0 saturated heterocycles. The van der Waals surface area contributed by atoms with Crippen molar-refractivity contribution < 1.29 is 28.9 Å². The molecule has 0 amide bonds. The summed E-state index contributed by atoms with van der Waals surface area (Å²) < 4.78 is 29.9. The van der Waals surface area contributed by atoms with Gasteiger partial charge in [0.15, 0.2) is 0 Å². The van der Waals surface area contributed by atoms with Crippen LogP contribution < -0.4 is 0 Å². The van der Waals surface area contributed by atoms with Crippen molar-refractivity contribution in [1.29, 1.82) is 0 Å². The summed E-state index contributed by atoms with van der Waals surface area (Å²) in [6, 6.07) is 12.1. The van der Waals surface area contributed by atoms with Crippen LogP contribution in [0.3, 0.4) is 0 Å². The molecule has 0 radical (unpaired) electrons. The third kappa shape index (κ3) is 6.00. The van der Waals surface area contributed by atoms with Gasteiger partial charge in [-0.25, -0.2) is 8.78 Å². The summed E-state index contributed by atoms with van der Waals surface area (Å²) in [4.78, 5) is 10.8. The molecule has 34 heavy (non-hydrogen) atoms. The summed E-state index contributed by atoms with van der Waals surface area (Å²) in [5, 5.41) is 29.1. The van der Waals surface area contributed by atoms with E-state index in [0.29, 0.717) is 11.3 Å². The van der Waals surface area contributed by atoms with Crippen molar-refractivity contribution in [2.24, 2.45) is 0 Å². The zero-order chi connectivity index (χ0) is 25.0. The minimum atomic E-state index is -1.19. The second-order valence-electron chi connectivity index (χ2n) is 8.36. The summed E-state index contributed by atoms with van der Waals surface area (Å²) in [6.07, 6.45) is 0.246. The van der Waals surface area contributed by atoms with Crippen LogP contribution in [0.25, 0.3) is 28.6 Å². The number of aliphatic hydroxyl groups is 2. The number of hydrogen-bond donors (Lipinski definition) is 3. The quantitative estimate of drug-likeness (QED) is 0.313. The number of carboxylic acids is 1. The van der Waals surface area contributed by atoms with Gasteiger partial charge in [0.05, 0.1) is 24.3 Å². The number of aromatic nitrogens is 1. The lowest BCUT2D eigenvalue weighted by Crippen LogP contribution is -2.19. The molecule has 2 aromatic carbocycles. The van der Waals surface area contributed by atoms with E-state index in [4.69, 9.17) is 5.11 Å². The van der Waals surface area contributed by atoms with Gasteiger partial charge in [-0.3, -0.25) is 4.79 Å². The molecule has 0 aliphatic carbocycles. The maximum atomic E-state index is 13.7. The van der Waals surface area contributed by atoms with E-state index < -0.39 is 24.6 Å². The van der Waals surface area contributed by atoms with E-state index in [2.05, 4.69) is 15.9 Å². The van der Waals surface area contributed by atoms with Crippen LogP contribution in [0.5, 0.6) is 0 Å². The average Bonchev–Trinajstić information content (AvgIpc) is 3.05. The molecule has 3 aromatic rings. The molecule has 0 aliphatic heterocycles. The fourth-order valence-corrected chi connectivity index (χ4v) is 4.93. The number of nitrogens with zero attached hydrogens (tertiary/aromatic N) is 1. The van der Waals surface area contributed by atoms with Crippen LogP contribution in [-0.2, 0) is 4.79 Å². The van der Waals surface area contributed by atoms with Crippen molar-refractivity contribution in [2.75, 3.05) is 0 Å². The standard InChI is InChI=1S/C26H26BrF2NO4/c1-15(2)25-24(27)23(16-3-7-18(28)8-4-16)26(17-5-9-19(29)10-6-17)30(25)12-11-20(31)13-21(32)14-22(33)34/h3-12,15,20-21,31-32H,13-14H2,1-2H3,(H,33,34)/b12-11+/t20-,21-/m1/s1. The van der Waals surface area contributed by atoms with Gasteiger partial charge >= 0.3 is 5.97 Å². The molecule has 3 N–H and O–H groups in total. The van der Waals surface area contributed by atoms with Gasteiger partial charge in [-0.2, -0.15) is 0 Å². The van der Waals surface area contributed by atoms with Crippen molar-refractivity contribution in [3.8, 4) is 22.4 Å². The van der Waals surface area contributed by atoms with E-state index in [-0.39, 0.29) is 24.0 Å². The van der Waals surface area contributed by atoms with E-state index in [1.54, 1.807) is 30.5 Å². The Labute approximate surface area is 205 Å². The maximum absolute atomic E-state index is 13.7. The largest absolute Gasteiger partial charge is 0.481 e. The smallest absolute Gasteiger partial charge is 0.305 e. The van der Waals surface area contributed by atoms with Gasteiger partial charge in [0, 0.05) is 28.4 Å². The van der Waals surface area contributed by atoms with Crippen LogP contribution >= 0.6 is 15.9 Å². The molecule has 1 aromatic heterocycles. The second-order valence-corrected chi connectivity index (χ2v) is 9.15. The minimum absolute atomic E-state index is 0.0298. The topological polar surface area (TPSA) is 82.7 Å². The van der Waals surface area contributed by atoms with Crippen LogP contribution in [0.1, 0.15) is 38.3 Å². The van der Waals surface area contributed by atoms with Gasteiger partial charge in [0.2, 0.25) is 0 Å². The molecule has 3 rings (SSSR count). The Morgan fingerprint density at radius 2 is 1.53 bits per heavy atom. The molecule has 2 atom stereocenters. The molecule has 1 heterocycles. The number of halogens is 3. The molecular weight excluding hydrogens is 508 g/mol. The van der Waals surface area contributed by atoms with Crippen molar-refractivity contribution in [3.05, 3.63) is 76.4 Å². The zero-order valence-corrected chi connectivity index (χ0v) is 20.3. The normalized spacial score (nSPS) is 13.5. The molecule has 0 bridgehead atoms.